The number of hydrogen-bond acceptors (Lipinski definition) is 3. The molecule has 2 heterocycles. The highest BCUT2D eigenvalue weighted by molar-refractivity contribution is 6.31. The highest BCUT2D eigenvalue weighted by Gasteiger charge is 2.11. The maximum absolute atomic E-state index is 5.93. The Hall–Kier alpha value is -0.840. The lowest BCUT2D eigenvalue weighted by atomic mass is 10.4. The Kier molecular flexibility index (Phi) is 4.43. The normalized spacial score (nSPS) is 11.6. The Bertz CT molecular complexity index is 536. The van der Waals surface area contributed by atoms with Gasteiger partial charge in [0.25, 0.3) is 0 Å². The van der Waals surface area contributed by atoms with Gasteiger partial charge in [-0.15, -0.1) is 11.6 Å². The van der Waals surface area contributed by atoms with E-state index in [0.29, 0.717) is 10.9 Å². The highest BCUT2D eigenvalue weighted by atomic mass is 35.5. The molecule has 18 heavy (non-hydrogen) atoms. The number of aryl methyl sites for hydroxylation is 1. The smallest absolute Gasteiger partial charge is 0.160 e. The molecule has 0 aliphatic carbocycles. The van der Waals surface area contributed by atoms with Crippen LogP contribution >= 0.6 is 23.2 Å². The van der Waals surface area contributed by atoms with Crippen LogP contribution in [0.25, 0.3) is 11.2 Å². The Labute approximate surface area is 117 Å². The van der Waals surface area contributed by atoms with Gasteiger partial charge in [-0.05, 0) is 33.1 Å². The molecule has 0 aliphatic heterocycles. The van der Waals surface area contributed by atoms with Crippen molar-refractivity contribution in [3.63, 3.8) is 0 Å². The fraction of sp³-hybridized carbons (Fsp3) is 0.500. The van der Waals surface area contributed by atoms with Crippen molar-refractivity contribution in [3.05, 3.63) is 23.1 Å². The van der Waals surface area contributed by atoms with Crippen LogP contribution in [0, 0.1) is 0 Å². The molecular formula is C12H16Cl2N4. The maximum atomic E-state index is 5.93. The minimum absolute atomic E-state index is 0.385. The quantitative estimate of drug-likeness (QED) is 0.793. The number of fused-ring (bicyclic) bond motifs is 1. The van der Waals surface area contributed by atoms with Gasteiger partial charge in [0.2, 0.25) is 0 Å². The Morgan fingerprint density at radius 1 is 1.39 bits per heavy atom. The van der Waals surface area contributed by atoms with Crippen LogP contribution in [0.4, 0.5) is 0 Å². The average Bonchev–Trinajstić information content (AvgIpc) is 2.66. The molecular weight excluding hydrogens is 271 g/mol. The lowest BCUT2D eigenvalue weighted by Crippen LogP contribution is -2.15. The van der Waals surface area contributed by atoms with Crippen molar-refractivity contribution in [2.24, 2.45) is 0 Å². The van der Waals surface area contributed by atoms with Crippen molar-refractivity contribution < 1.29 is 0 Å². The Morgan fingerprint density at radius 3 is 2.83 bits per heavy atom. The molecule has 0 N–H and O–H groups in total. The second-order valence-electron chi connectivity index (χ2n) is 4.47. The van der Waals surface area contributed by atoms with E-state index in [4.69, 9.17) is 23.2 Å². The fourth-order valence-electron chi connectivity index (χ4n) is 1.92. The Balaban J connectivity index is 2.29. The van der Waals surface area contributed by atoms with Gasteiger partial charge in [0, 0.05) is 12.7 Å². The van der Waals surface area contributed by atoms with Crippen molar-refractivity contribution in [2.75, 3.05) is 20.6 Å². The third kappa shape index (κ3) is 2.94. The molecule has 2 rings (SSSR count). The van der Waals surface area contributed by atoms with Gasteiger partial charge >= 0.3 is 0 Å². The van der Waals surface area contributed by atoms with E-state index < -0.39 is 0 Å². The van der Waals surface area contributed by atoms with Crippen LogP contribution in [0.15, 0.2) is 12.3 Å². The van der Waals surface area contributed by atoms with E-state index in [-0.39, 0.29) is 0 Å². The summed E-state index contributed by atoms with van der Waals surface area (Å²) < 4.78 is 2.07. The standard InChI is InChI=1S/C12H16Cl2N4/c1-17(2)4-3-5-18-11(7-13)16-10-6-9(14)8-15-12(10)18/h6,8H,3-5,7H2,1-2H3. The van der Waals surface area contributed by atoms with Crippen LogP contribution in [0.5, 0.6) is 0 Å². The number of rotatable bonds is 5. The summed E-state index contributed by atoms with van der Waals surface area (Å²) in [7, 11) is 4.12. The molecule has 0 atom stereocenters. The van der Waals surface area contributed by atoms with Gasteiger partial charge in [0.15, 0.2) is 5.65 Å². The Morgan fingerprint density at radius 2 is 2.17 bits per heavy atom. The van der Waals surface area contributed by atoms with Crippen LogP contribution < -0.4 is 0 Å². The first-order valence-electron chi connectivity index (χ1n) is 5.83. The summed E-state index contributed by atoms with van der Waals surface area (Å²) in [6, 6.07) is 1.82. The van der Waals surface area contributed by atoms with Crippen LogP contribution in [0.2, 0.25) is 5.02 Å². The molecule has 6 heteroatoms. The first-order chi connectivity index (χ1) is 8.61. The molecule has 98 valence electrons. The average molecular weight is 287 g/mol. The SMILES string of the molecule is CN(C)CCCn1c(CCl)nc2cc(Cl)cnc21. The number of nitrogens with zero attached hydrogens (tertiary/aromatic N) is 4. The molecule has 0 unspecified atom stereocenters. The lowest BCUT2D eigenvalue weighted by molar-refractivity contribution is 0.386. The summed E-state index contributed by atoms with van der Waals surface area (Å²) in [4.78, 5) is 11.0. The second kappa shape index (κ2) is 5.87. The minimum atomic E-state index is 0.385. The van der Waals surface area contributed by atoms with Gasteiger partial charge in [-0.25, -0.2) is 9.97 Å². The van der Waals surface area contributed by atoms with Gasteiger partial charge in [0.1, 0.15) is 11.3 Å². The summed E-state index contributed by atoms with van der Waals surface area (Å²) in [5.74, 6) is 1.23. The zero-order valence-electron chi connectivity index (χ0n) is 10.5. The number of pyridine rings is 1. The zero-order valence-corrected chi connectivity index (χ0v) is 12.0. The summed E-state index contributed by atoms with van der Waals surface area (Å²) in [6.45, 7) is 1.89. The number of imidazole rings is 1. The third-order valence-electron chi connectivity index (χ3n) is 2.74. The summed E-state index contributed by atoms with van der Waals surface area (Å²) in [5, 5.41) is 0.599. The summed E-state index contributed by atoms with van der Waals surface area (Å²) in [6.07, 6.45) is 2.68. The predicted octanol–water partition coefficient (Wildman–Crippen LogP) is 2.78. The second-order valence-corrected chi connectivity index (χ2v) is 5.17. The molecule has 0 radical (unpaired) electrons. The third-order valence-corrected chi connectivity index (χ3v) is 3.18. The molecule has 0 spiro atoms. The van der Waals surface area contributed by atoms with E-state index in [1.54, 1.807) is 6.20 Å². The largest absolute Gasteiger partial charge is 0.312 e. The molecule has 0 saturated heterocycles. The van der Waals surface area contributed by atoms with Crippen LogP contribution in [-0.4, -0.2) is 40.1 Å². The molecule has 2 aromatic heterocycles. The first-order valence-corrected chi connectivity index (χ1v) is 6.74. The van der Waals surface area contributed by atoms with Gasteiger partial charge < -0.3 is 9.47 Å². The van der Waals surface area contributed by atoms with Crippen LogP contribution in [-0.2, 0) is 12.4 Å². The number of alkyl halides is 1. The van der Waals surface area contributed by atoms with E-state index in [2.05, 4.69) is 33.5 Å². The van der Waals surface area contributed by atoms with E-state index in [9.17, 15) is 0 Å². The molecule has 0 aromatic carbocycles. The molecule has 2 aromatic rings. The molecule has 0 aliphatic rings. The van der Waals surface area contributed by atoms with E-state index in [1.165, 1.54) is 0 Å². The summed E-state index contributed by atoms with van der Waals surface area (Å²) in [5.41, 5.74) is 1.66. The van der Waals surface area contributed by atoms with Crippen molar-refractivity contribution >= 4 is 34.4 Å². The molecule has 0 amide bonds. The van der Waals surface area contributed by atoms with Crippen LogP contribution in [0.1, 0.15) is 12.2 Å². The maximum Gasteiger partial charge on any atom is 0.160 e. The molecule has 0 bridgehead atoms. The van der Waals surface area contributed by atoms with Gasteiger partial charge in [0.05, 0.1) is 10.9 Å². The number of hydrogen-bond donors (Lipinski definition) is 0. The predicted molar refractivity (Wildman–Crippen MR) is 75.3 cm³/mol. The van der Waals surface area contributed by atoms with Gasteiger partial charge in [-0.3, -0.25) is 0 Å². The van der Waals surface area contributed by atoms with Crippen LogP contribution in [0.3, 0.4) is 0 Å². The summed E-state index contributed by atoms with van der Waals surface area (Å²) >= 11 is 11.8. The van der Waals surface area contributed by atoms with Crippen molar-refractivity contribution in [1.29, 1.82) is 0 Å². The van der Waals surface area contributed by atoms with Gasteiger partial charge in [-0.2, -0.15) is 0 Å². The molecule has 4 nitrogen and oxygen atoms in total. The van der Waals surface area contributed by atoms with Gasteiger partial charge in [-0.1, -0.05) is 11.6 Å². The van der Waals surface area contributed by atoms with Crippen molar-refractivity contribution in [2.45, 2.75) is 18.8 Å². The molecule has 0 saturated carbocycles. The first kappa shape index (κ1) is 13.6. The van der Waals surface area contributed by atoms with Crippen molar-refractivity contribution in [1.82, 2.24) is 19.4 Å². The van der Waals surface area contributed by atoms with E-state index in [0.717, 1.165) is 36.5 Å². The number of aromatic nitrogens is 3. The van der Waals surface area contributed by atoms with E-state index in [1.807, 2.05) is 6.07 Å². The fourth-order valence-corrected chi connectivity index (χ4v) is 2.27. The minimum Gasteiger partial charge on any atom is -0.312 e. The monoisotopic (exact) mass is 286 g/mol. The lowest BCUT2D eigenvalue weighted by Gasteiger charge is -2.11. The van der Waals surface area contributed by atoms with Crippen molar-refractivity contribution in [3.8, 4) is 0 Å². The number of halogens is 2. The highest BCUT2D eigenvalue weighted by Crippen LogP contribution is 2.19. The molecule has 0 fully saturated rings. The zero-order chi connectivity index (χ0) is 13.1. The topological polar surface area (TPSA) is 34.0 Å². The van der Waals surface area contributed by atoms with E-state index >= 15 is 0 Å².